The van der Waals surface area contributed by atoms with Gasteiger partial charge in [0.2, 0.25) is 0 Å². The molecular weight excluding hydrogens is 404 g/mol. The molecule has 3 aromatic carbocycles. The predicted molar refractivity (Wildman–Crippen MR) is 125 cm³/mol. The summed E-state index contributed by atoms with van der Waals surface area (Å²) in [5.74, 6) is 0.201. The molecule has 32 heavy (non-hydrogen) atoms. The van der Waals surface area contributed by atoms with E-state index in [-0.39, 0.29) is 11.8 Å². The van der Waals surface area contributed by atoms with Gasteiger partial charge in [-0.25, -0.2) is 4.90 Å². The Labute approximate surface area is 187 Å². The molecular formula is C26H24N2O4. The van der Waals surface area contributed by atoms with Gasteiger partial charge in [0.25, 0.3) is 11.8 Å². The van der Waals surface area contributed by atoms with E-state index in [0.717, 1.165) is 5.69 Å². The average Bonchev–Trinajstić information content (AvgIpc) is 3.10. The Morgan fingerprint density at radius 2 is 1.41 bits per heavy atom. The molecule has 0 saturated heterocycles. The number of benzene rings is 3. The molecule has 0 aromatic heterocycles. The number of imide groups is 1. The summed E-state index contributed by atoms with van der Waals surface area (Å²) in [6, 6.07) is 23.9. The molecule has 0 bridgehead atoms. The second-order valence-electron chi connectivity index (χ2n) is 7.15. The molecule has 0 aliphatic carbocycles. The molecule has 1 aliphatic heterocycles. The van der Waals surface area contributed by atoms with E-state index in [9.17, 15) is 9.59 Å². The number of hydrogen-bond acceptors (Lipinski definition) is 5. The van der Waals surface area contributed by atoms with Gasteiger partial charge in [-0.2, -0.15) is 0 Å². The maximum Gasteiger partial charge on any atom is 0.282 e. The number of hydrogen-bond donors (Lipinski definition) is 0. The fourth-order valence-electron chi connectivity index (χ4n) is 3.91. The van der Waals surface area contributed by atoms with E-state index in [0.29, 0.717) is 40.6 Å². The van der Waals surface area contributed by atoms with Crippen LogP contribution < -0.4 is 19.3 Å². The molecule has 6 heteroatoms. The lowest BCUT2D eigenvalue weighted by molar-refractivity contribution is -0.120. The third-order valence-electron chi connectivity index (χ3n) is 5.40. The van der Waals surface area contributed by atoms with Crippen molar-refractivity contribution in [2.75, 3.05) is 30.6 Å². The Balaban J connectivity index is 1.88. The number of carbonyl (C=O) groups is 2. The summed E-state index contributed by atoms with van der Waals surface area (Å²) in [5, 5.41) is 0. The van der Waals surface area contributed by atoms with Crippen molar-refractivity contribution < 1.29 is 19.1 Å². The van der Waals surface area contributed by atoms with Gasteiger partial charge >= 0.3 is 0 Å². The summed E-state index contributed by atoms with van der Waals surface area (Å²) in [7, 11) is 3.05. The molecule has 0 unspecified atom stereocenters. The van der Waals surface area contributed by atoms with Crippen molar-refractivity contribution in [2.24, 2.45) is 0 Å². The van der Waals surface area contributed by atoms with Crippen molar-refractivity contribution in [3.63, 3.8) is 0 Å². The molecule has 0 atom stereocenters. The predicted octanol–water partition coefficient (Wildman–Crippen LogP) is 4.51. The summed E-state index contributed by atoms with van der Waals surface area (Å²) < 4.78 is 10.7. The van der Waals surface area contributed by atoms with Crippen LogP contribution in [0.1, 0.15) is 12.5 Å². The number of methoxy groups -OCH3 is 2. The SMILES string of the molecule is CCN(C1=C(c2ccccc2)C(=O)N(c2ccc(OC)c(OC)c2)C1=O)c1ccccc1. The molecule has 3 aromatic rings. The Hall–Kier alpha value is -4.06. The number of rotatable bonds is 7. The van der Waals surface area contributed by atoms with Gasteiger partial charge in [-0.1, -0.05) is 48.5 Å². The maximum absolute atomic E-state index is 13.8. The number of likely N-dealkylation sites (N-methyl/N-ethyl adjacent to an activating group) is 1. The third kappa shape index (κ3) is 3.60. The van der Waals surface area contributed by atoms with Crippen LogP contribution in [0.2, 0.25) is 0 Å². The molecule has 1 aliphatic rings. The van der Waals surface area contributed by atoms with Gasteiger partial charge in [0.05, 0.1) is 25.5 Å². The third-order valence-corrected chi connectivity index (χ3v) is 5.40. The number of carbonyl (C=O) groups excluding carboxylic acids is 2. The van der Waals surface area contributed by atoms with E-state index >= 15 is 0 Å². The van der Waals surface area contributed by atoms with E-state index in [2.05, 4.69) is 0 Å². The zero-order valence-corrected chi connectivity index (χ0v) is 18.2. The number of amides is 2. The Morgan fingerprint density at radius 3 is 2.00 bits per heavy atom. The Kier molecular flexibility index (Phi) is 5.94. The first kappa shape index (κ1) is 21.2. The van der Waals surface area contributed by atoms with Gasteiger partial charge < -0.3 is 14.4 Å². The van der Waals surface area contributed by atoms with Crippen LogP contribution in [0.25, 0.3) is 5.57 Å². The summed E-state index contributed by atoms with van der Waals surface area (Å²) in [6.45, 7) is 2.48. The van der Waals surface area contributed by atoms with Crippen LogP contribution in [-0.4, -0.2) is 32.6 Å². The van der Waals surface area contributed by atoms with E-state index in [4.69, 9.17) is 9.47 Å². The summed E-state index contributed by atoms with van der Waals surface area (Å²) in [5.41, 5.74) is 2.68. The van der Waals surface area contributed by atoms with Crippen LogP contribution in [-0.2, 0) is 9.59 Å². The fourth-order valence-corrected chi connectivity index (χ4v) is 3.91. The number of nitrogens with zero attached hydrogens (tertiary/aromatic N) is 2. The molecule has 0 N–H and O–H groups in total. The van der Waals surface area contributed by atoms with Crippen LogP contribution in [0, 0.1) is 0 Å². The molecule has 1 heterocycles. The number of anilines is 2. The van der Waals surface area contributed by atoms with Crippen LogP contribution in [0.15, 0.2) is 84.6 Å². The van der Waals surface area contributed by atoms with Gasteiger partial charge in [-0.3, -0.25) is 9.59 Å². The van der Waals surface area contributed by atoms with Crippen LogP contribution in [0.5, 0.6) is 11.5 Å². The molecule has 6 nitrogen and oxygen atoms in total. The first-order chi connectivity index (χ1) is 15.6. The van der Waals surface area contributed by atoms with E-state index in [1.807, 2.05) is 72.5 Å². The smallest absolute Gasteiger partial charge is 0.282 e. The highest BCUT2D eigenvalue weighted by atomic mass is 16.5. The zero-order chi connectivity index (χ0) is 22.7. The second kappa shape index (κ2) is 8.98. The minimum absolute atomic E-state index is 0.352. The first-order valence-corrected chi connectivity index (χ1v) is 10.3. The van der Waals surface area contributed by atoms with Crippen molar-refractivity contribution in [3.05, 3.63) is 90.1 Å². The van der Waals surface area contributed by atoms with Gasteiger partial charge in [-0.05, 0) is 36.8 Å². The first-order valence-electron chi connectivity index (χ1n) is 10.3. The monoisotopic (exact) mass is 428 g/mol. The van der Waals surface area contributed by atoms with Crippen molar-refractivity contribution in [1.29, 1.82) is 0 Å². The molecule has 0 fully saturated rings. The molecule has 0 saturated carbocycles. The van der Waals surface area contributed by atoms with Crippen molar-refractivity contribution in [1.82, 2.24) is 0 Å². The van der Waals surface area contributed by atoms with Gasteiger partial charge in [-0.15, -0.1) is 0 Å². The summed E-state index contributed by atoms with van der Waals surface area (Å²) in [6.07, 6.45) is 0. The lowest BCUT2D eigenvalue weighted by Crippen LogP contribution is -2.35. The van der Waals surface area contributed by atoms with Crippen LogP contribution in [0.3, 0.4) is 0 Å². The maximum atomic E-state index is 13.8. The minimum atomic E-state index is -0.383. The van der Waals surface area contributed by atoms with E-state index in [1.54, 1.807) is 18.2 Å². The second-order valence-corrected chi connectivity index (χ2v) is 7.15. The van der Waals surface area contributed by atoms with Crippen molar-refractivity contribution in [2.45, 2.75) is 6.92 Å². The molecule has 162 valence electrons. The standard InChI is InChI=1S/C26H24N2O4/c1-4-27(19-13-9-6-10-14-19)24-23(18-11-7-5-8-12-18)25(29)28(26(24)30)20-15-16-21(31-2)22(17-20)32-3/h5-17H,4H2,1-3H3. The van der Waals surface area contributed by atoms with Gasteiger partial charge in [0.15, 0.2) is 11.5 Å². The largest absolute Gasteiger partial charge is 0.493 e. The van der Waals surface area contributed by atoms with Crippen molar-refractivity contribution >= 4 is 28.8 Å². The number of para-hydroxylation sites is 1. The van der Waals surface area contributed by atoms with Gasteiger partial charge in [0.1, 0.15) is 5.70 Å². The number of ether oxygens (including phenoxy) is 2. The molecule has 4 rings (SSSR count). The quantitative estimate of drug-likeness (QED) is 0.518. The fraction of sp³-hybridized carbons (Fsp3) is 0.154. The highest BCUT2D eigenvalue weighted by Gasteiger charge is 2.42. The molecule has 0 spiro atoms. The topological polar surface area (TPSA) is 59.1 Å². The van der Waals surface area contributed by atoms with Crippen LogP contribution in [0.4, 0.5) is 11.4 Å². The highest BCUT2D eigenvalue weighted by Crippen LogP contribution is 2.39. The van der Waals surface area contributed by atoms with Crippen molar-refractivity contribution in [3.8, 4) is 11.5 Å². The van der Waals surface area contributed by atoms with E-state index in [1.165, 1.54) is 19.1 Å². The van der Waals surface area contributed by atoms with Gasteiger partial charge in [0, 0.05) is 18.3 Å². The summed E-state index contributed by atoms with van der Waals surface area (Å²) in [4.78, 5) is 30.5. The lowest BCUT2D eigenvalue weighted by Gasteiger charge is -2.25. The molecule has 0 radical (unpaired) electrons. The Bertz CT molecular complexity index is 1170. The minimum Gasteiger partial charge on any atom is -0.493 e. The Morgan fingerprint density at radius 1 is 0.781 bits per heavy atom. The summed E-state index contributed by atoms with van der Waals surface area (Å²) >= 11 is 0. The molecule has 2 amide bonds. The lowest BCUT2D eigenvalue weighted by atomic mass is 10.0. The van der Waals surface area contributed by atoms with E-state index < -0.39 is 0 Å². The average molecular weight is 428 g/mol. The van der Waals surface area contributed by atoms with Crippen LogP contribution >= 0.6 is 0 Å². The normalized spacial score (nSPS) is 13.5. The highest BCUT2D eigenvalue weighted by molar-refractivity contribution is 6.46. The zero-order valence-electron chi connectivity index (χ0n) is 18.2.